The molecule has 26 heavy (non-hydrogen) atoms. The predicted octanol–water partition coefficient (Wildman–Crippen LogP) is 3.48. The van der Waals surface area contributed by atoms with Gasteiger partial charge in [-0.15, -0.1) is 10.2 Å². The van der Waals surface area contributed by atoms with E-state index in [4.69, 9.17) is 4.52 Å². The molecule has 0 fully saturated rings. The molecular formula is C18H19N5O2S. The third-order valence-corrected chi connectivity index (χ3v) is 5.47. The first-order valence-corrected chi connectivity index (χ1v) is 9.43. The predicted molar refractivity (Wildman–Crippen MR) is 97.3 cm³/mol. The van der Waals surface area contributed by atoms with E-state index in [9.17, 15) is 4.79 Å². The summed E-state index contributed by atoms with van der Waals surface area (Å²) in [6.45, 7) is 0. The van der Waals surface area contributed by atoms with Gasteiger partial charge in [-0.2, -0.15) is 0 Å². The number of hydrogen-bond acceptors (Lipinski definition) is 6. The first-order valence-electron chi connectivity index (χ1n) is 8.61. The molecule has 0 radical (unpaired) electrons. The molecule has 4 rings (SSSR count). The minimum Gasteiger partial charge on any atom is -0.360 e. The Morgan fingerprint density at radius 1 is 1.19 bits per heavy atom. The van der Waals surface area contributed by atoms with Crippen LogP contribution in [0.2, 0.25) is 0 Å². The van der Waals surface area contributed by atoms with Crippen LogP contribution in [0.1, 0.15) is 41.1 Å². The van der Waals surface area contributed by atoms with E-state index < -0.39 is 0 Å². The second kappa shape index (κ2) is 7.33. The van der Waals surface area contributed by atoms with Gasteiger partial charge in [-0.3, -0.25) is 4.79 Å². The number of carbonyl (C=O) groups excluding carboxylic acids is 1. The van der Waals surface area contributed by atoms with Gasteiger partial charge < -0.3 is 14.4 Å². The van der Waals surface area contributed by atoms with E-state index in [1.165, 1.54) is 11.8 Å². The van der Waals surface area contributed by atoms with Crippen LogP contribution in [0.25, 0.3) is 0 Å². The molecule has 8 heteroatoms. The number of aryl methyl sites for hydroxylation is 2. The van der Waals surface area contributed by atoms with Gasteiger partial charge in [0.2, 0.25) is 0 Å². The van der Waals surface area contributed by atoms with Gasteiger partial charge in [0.05, 0.1) is 0 Å². The molecule has 1 aliphatic rings. The first kappa shape index (κ1) is 16.8. The third kappa shape index (κ3) is 3.50. The molecule has 7 nitrogen and oxygen atoms in total. The van der Waals surface area contributed by atoms with Gasteiger partial charge >= 0.3 is 0 Å². The van der Waals surface area contributed by atoms with Crippen LogP contribution in [-0.2, 0) is 19.9 Å². The zero-order valence-electron chi connectivity index (χ0n) is 14.4. The number of nitrogens with one attached hydrogen (secondary N) is 1. The van der Waals surface area contributed by atoms with Gasteiger partial charge in [0, 0.05) is 29.6 Å². The van der Waals surface area contributed by atoms with Gasteiger partial charge in [0.25, 0.3) is 5.91 Å². The molecule has 0 unspecified atom stereocenters. The number of carbonyl (C=O) groups is 1. The number of hydrogen-bond donors (Lipinski definition) is 1. The van der Waals surface area contributed by atoms with Crippen molar-refractivity contribution < 1.29 is 9.32 Å². The molecule has 134 valence electrons. The van der Waals surface area contributed by atoms with Crippen LogP contribution in [-0.4, -0.2) is 25.8 Å². The number of rotatable bonds is 4. The quantitative estimate of drug-likeness (QED) is 0.709. The normalized spacial score (nSPS) is 13.9. The van der Waals surface area contributed by atoms with Crippen LogP contribution >= 0.6 is 11.8 Å². The SMILES string of the molecule is Cn1cnnc1Sc1ccc(NC(=O)c2noc3c2CCCCC3)cc1. The van der Waals surface area contributed by atoms with E-state index in [-0.39, 0.29) is 5.91 Å². The van der Waals surface area contributed by atoms with Crippen molar-refractivity contribution in [1.29, 1.82) is 0 Å². The average molecular weight is 369 g/mol. The highest BCUT2D eigenvalue weighted by Crippen LogP contribution is 2.27. The number of aromatic nitrogens is 4. The largest absolute Gasteiger partial charge is 0.360 e. The molecule has 0 saturated heterocycles. The number of nitrogens with zero attached hydrogens (tertiary/aromatic N) is 4. The highest BCUT2D eigenvalue weighted by Gasteiger charge is 2.23. The summed E-state index contributed by atoms with van der Waals surface area (Å²) < 4.78 is 7.24. The van der Waals surface area contributed by atoms with E-state index in [0.717, 1.165) is 59.2 Å². The Balaban J connectivity index is 1.45. The second-order valence-corrected chi connectivity index (χ2v) is 7.34. The molecule has 2 heterocycles. The van der Waals surface area contributed by atoms with Crippen molar-refractivity contribution in [1.82, 2.24) is 19.9 Å². The van der Waals surface area contributed by atoms with Gasteiger partial charge in [0.1, 0.15) is 12.1 Å². The van der Waals surface area contributed by atoms with Crippen LogP contribution in [0.5, 0.6) is 0 Å². The number of benzene rings is 1. The van der Waals surface area contributed by atoms with Crippen molar-refractivity contribution in [2.24, 2.45) is 7.05 Å². The Morgan fingerprint density at radius 3 is 2.77 bits per heavy atom. The smallest absolute Gasteiger partial charge is 0.278 e. The molecule has 1 aromatic carbocycles. The van der Waals surface area contributed by atoms with Crippen LogP contribution in [0, 0.1) is 0 Å². The standard InChI is InChI=1S/C18H19N5O2S/c1-23-11-19-21-18(23)26-13-9-7-12(8-10-13)20-17(24)16-14-5-3-2-4-6-15(14)25-22-16/h7-11H,2-6H2,1H3,(H,20,24). The van der Waals surface area contributed by atoms with Crippen LogP contribution in [0.4, 0.5) is 5.69 Å². The summed E-state index contributed by atoms with van der Waals surface area (Å²) in [4.78, 5) is 13.6. The second-order valence-electron chi connectivity index (χ2n) is 6.30. The van der Waals surface area contributed by atoms with E-state index in [1.807, 2.05) is 35.9 Å². The fourth-order valence-corrected chi connectivity index (χ4v) is 3.77. The Hall–Kier alpha value is -2.61. The monoisotopic (exact) mass is 369 g/mol. The molecule has 1 N–H and O–H groups in total. The van der Waals surface area contributed by atoms with Crippen molar-refractivity contribution in [3.05, 3.63) is 47.6 Å². The third-order valence-electron chi connectivity index (χ3n) is 4.41. The summed E-state index contributed by atoms with van der Waals surface area (Å²) in [6, 6.07) is 7.63. The fourth-order valence-electron chi connectivity index (χ4n) is 3.01. The molecule has 1 amide bonds. The van der Waals surface area contributed by atoms with Crippen molar-refractivity contribution in [2.45, 2.75) is 42.2 Å². The van der Waals surface area contributed by atoms with Crippen LogP contribution in [0.3, 0.4) is 0 Å². The molecule has 0 saturated carbocycles. The van der Waals surface area contributed by atoms with Crippen LogP contribution in [0.15, 0.2) is 45.2 Å². The maximum atomic E-state index is 12.6. The summed E-state index contributed by atoms with van der Waals surface area (Å²) in [7, 11) is 1.90. The van der Waals surface area contributed by atoms with Gasteiger partial charge in [-0.05, 0) is 55.3 Å². The molecule has 0 aliphatic heterocycles. The zero-order chi connectivity index (χ0) is 17.9. The van der Waals surface area contributed by atoms with Crippen molar-refractivity contribution >= 4 is 23.4 Å². The number of fused-ring (bicyclic) bond motifs is 1. The van der Waals surface area contributed by atoms with E-state index in [0.29, 0.717) is 5.69 Å². The van der Waals surface area contributed by atoms with Gasteiger partial charge in [-0.1, -0.05) is 11.6 Å². The minimum atomic E-state index is -0.217. The van der Waals surface area contributed by atoms with Crippen LogP contribution < -0.4 is 5.32 Å². The Kier molecular flexibility index (Phi) is 4.75. The lowest BCUT2D eigenvalue weighted by atomic mass is 10.1. The Bertz CT molecular complexity index is 916. The number of amides is 1. The molecule has 1 aliphatic carbocycles. The topological polar surface area (TPSA) is 85.8 Å². The summed E-state index contributed by atoms with van der Waals surface area (Å²) in [5.41, 5.74) is 2.11. The van der Waals surface area contributed by atoms with Gasteiger partial charge in [-0.25, -0.2) is 0 Å². The van der Waals surface area contributed by atoms with Gasteiger partial charge in [0.15, 0.2) is 10.9 Å². The fraction of sp³-hybridized carbons (Fsp3) is 0.333. The van der Waals surface area contributed by atoms with Crippen molar-refractivity contribution in [3.8, 4) is 0 Å². The van der Waals surface area contributed by atoms with Crippen molar-refractivity contribution in [3.63, 3.8) is 0 Å². The molecule has 2 aromatic heterocycles. The maximum Gasteiger partial charge on any atom is 0.278 e. The average Bonchev–Trinajstić information content (AvgIpc) is 3.16. The maximum absolute atomic E-state index is 12.6. The molecule has 0 spiro atoms. The highest BCUT2D eigenvalue weighted by atomic mass is 32.2. The summed E-state index contributed by atoms with van der Waals surface area (Å²) >= 11 is 1.52. The lowest BCUT2D eigenvalue weighted by Gasteiger charge is -2.06. The molecular weight excluding hydrogens is 350 g/mol. The Labute approximate surface area is 155 Å². The molecule has 3 aromatic rings. The zero-order valence-corrected chi connectivity index (χ0v) is 15.3. The highest BCUT2D eigenvalue weighted by molar-refractivity contribution is 7.99. The summed E-state index contributed by atoms with van der Waals surface area (Å²) in [5, 5.41) is 15.6. The minimum absolute atomic E-state index is 0.217. The number of anilines is 1. The van der Waals surface area contributed by atoms with E-state index in [1.54, 1.807) is 6.33 Å². The van der Waals surface area contributed by atoms with E-state index >= 15 is 0 Å². The summed E-state index contributed by atoms with van der Waals surface area (Å²) in [6.07, 6.45) is 6.71. The van der Waals surface area contributed by atoms with Crippen molar-refractivity contribution in [2.75, 3.05) is 5.32 Å². The lowest BCUT2D eigenvalue weighted by Crippen LogP contribution is -2.14. The van der Waals surface area contributed by atoms with E-state index in [2.05, 4.69) is 20.7 Å². The lowest BCUT2D eigenvalue weighted by molar-refractivity contribution is 0.101. The summed E-state index contributed by atoms with van der Waals surface area (Å²) in [5.74, 6) is 0.647. The molecule has 0 bridgehead atoms. The first-order chi connectivity index (χ1) is 12.7. The Morgan fingerprint density at radius 2 is 2.00 bits per heavy atom. The molecule has 0 atom stereocenters.